The van der Waals surface area contributed by atoms with Gasteiger partial charge in [-0.15, -0.1) is 11.8 Å². The zero-order valence-corrected chi connectivity index (χ0v) is 16.7. The molecule has 0 aromatic rings. The van der Waals surface area contributed by atoms with Crippen LogP contribution < -0.4 is 0 Å². The molecule has 2 unspecified atom stereocenters. The highest BCUT2D eigenvalue weighted by Gasteiger charge is 2.55. The Morgan fingerprint density at radius 3 is 2.48 bits per heavy atom. The predicted octanol–water partition coefficient (Wildman–Crippen LogP) is 3.85. The summed E-state index contributed by atoms with van der Waals surface area (Å²) in [6, 6.07) is 1.98. The standard InChI is InChI=1S/C16H24N2O2S3/c1-6-7-8-22-15(21)23-12-11(16(4,5)9-17)13(19)18(10(2)3)14(12)20/h10-12H,6-8H2,1-5H3. The van der Waals surface area contributed by atoms with Gasteiger partial charge in [0.05, 0.1) is 17.4 Å². The van der Waals surface area contributed by atoms with Crippen LogP contribution in [0, 0.1) is 22.7 Å². The smallest absolute Gasteiger partial charge is 0.243 e. The summed E-state index contributed by atoms with van der Waals surface area (Å²) in [5, 5.41) is 8.83. The third-order valence-corrected chi connectivity index (χ3v) is 6.74. The Morgan fingerprint density at radius 2 is 2.00 bits per heavy atom. The summed E-state index contributed by atoms with van der Waals surface area (Å²) in [6.07, 6.45) is 2.15. The fourth-order valence-corrected chi connectivity index (χ4v) is 5.50. The van der Waals surface area contributed by atoms with E-state index in [4.69, 9.17) is 12.2 Å². The van der Waals surface area contributed by atoms with Crippen LogP contribution in [-0.4, -0.2) is 37.3 Å². The van der Waals surface area contributed by atoms with Crippen LogP contribution in [0.25, 0.3) is 0 Å². The normalized spacial score (nSPS) is 21.9. The number of likely N-dealkylation sites (tertiary alicyclic amines) is 1. The maximum atomic E-state index is 12.7. The second-order valence-electron chi connectivity index (χ2n) is 6.44. The number of amides is 2. The van der Waals surface area contributed by atoms with E-state index >= 15 is 0 Å². The van der Waals surface area contributed by atoms with E-state index in [9.17, 15) is 14.9 Å². The Bertz CT molecular complexity index is 526. The number of carbonyl (C=O) groups is 2. The van der Waals surface area contributed by atoms with Crippen LogP contribution in [0.5, 0.6) is 0 Å². The molecule has 128 valence electrons. The van der Waals surface area contributed by atoms with Crippen LogP contribution in [-0.2, 0) is 9.59 Å². The van der Waals surface area contributed by atoms with Crippen molar-refractivity contribution in [3.63, 3.8) is 0 Å². The lowest BCUT2D eigenvalue weighted by Crippen LogP contribution is -2.38. The minimum Gasteiger partial charge on any atom is -0.279 e. The molecule has 0 spiro atoms. The van der Waals surface area contributed by atoms with E-state index in [1.807, 2.05) is 13.8 Å². The molecule has 1 heterocycles. The van der Waals surface area contributed by atoms with Crippen molar-refractivity contribution in [2.45, 2.75) is 58.8 Å². The van der Waals surface area contributed by atoms with Crippen molar-refractivity contribution in [1.29, 1.82) is 5.26 Å². The van der Waals surface area contributed by atoms with Gasteiger partial charge in [-0.25, -0.2) is 0 Å². The third-order valence-electron chi connectivity index (χ3n) is 3.81. The van der Waals surface area contributed by atoms with E-state index in [0.29, 0.717) is 3.53 Å². The van der Waals surface area contributed by atoms with Crippen LogP contribution in [0.2, 0.25) is 0 Å². The summed E-state index contributed by atoms with van der Waals surface area (Å²) in [4.78, 5) is 26.7. The Labute approximate surface area is 152 Å². The van der Waals surface area contributed by atoms with Gasteiger partial charge < -0.3 is 0 Å². The van der Waals surface area contributed by atoms with Crippen molar-refractivity contribution >= 4 is 51.1 Å². The summed E-state index contributed by atoms with van der Waals surface area (Å²) in [5.41, 5.74) is -0.905. The SMILES string of the molecule is CCCCSC(=S)SC1C(=O)N(C(C)C)C(=O)C1C(C)(C)C#N. The lowest BCUT2D eigenvalue weighted by molar-refractivity contribution is -0.141. The molecule has 1 aliphatic rings. The van der Waals surface area contributed by atoms with Gasteiger partial charge in [-0.1, -0.05) is 37.3 Å². The quantitative estimate of drug-likeness (QED) is 0.401. The number of nitriles is 1. The molecule has 0 aliphatic carbocycles. The maximum Gasteiger partial charge on any atom is 0.243 e. The maximum absolute atomic E-state index is 12.7. The number of thiocarbonyl (C=S) groups is 1. The molecule has 0 aromatic carbocycles. The molecular formula is C16H24N2O2S3. The van der Waals surface area contributed by atoms with Gasteiger partial charge in [0.2, 0.25) is 11.8 Å². The topological polar surface area (TPSA) is 61.2 Å². The first kappa shape index (κ1) is 20.5. The molecule has 0 radical (unpaired) electrons. The molecule has 1 saturated heterocycles. The highest BCUT2D eigenvalue weighted by atomic mass is 32.2. The second-order valence-corrected chi connectivity index (χ2v) is 9.88. The number of thioether (sulfide) groups is 2. The minimum atomic E-state index is -0.905. The van der Waals surface area contributed by atoms with Crippen molar-refractivity contribution < 1.29 is 9.59 Å². The molecule has 4 nitrogen and oxygen atoms in total. The van der Waals surface area contributed by atoms with Crippen LogP contribution in [0.15, 0.2) is 0 Å². The van der Waals surface area contributed by atoms with Gasteiger partial charge in [-0.05, 0) is 39.9 Å². The van der Waals surface area contributed by atoms with E-state index in [-0.39, 0.29) is 17.9 Å². The van der Waals surface area contributed by atoms with Crippen LogP contribution in [0.1, 0.15) is 47.5 Å². The van der Waals surface area contributed by atoms with Crippen molar-refractivity contribution in [3.8, 4) is 6.07 Å². The molecule has 0 aromatic heterocycles. The molecule has 0 N–H and O–H groups in total. The van der Waals surface area contributed by atoms with Gasteiger partial charge in [0.1, 0.15) is 8.78 Å². The molecule has 23 heavy (non-hydrogen) atoms. The second kappa shape index (κ2) is 8.50. The Morgan fingerprint density at radius 1 is 1.39 bits per heavy atom. The van der Waals surface area contributed by atoms with E-state index in [1.165, 1.54) is 16.7 Å². The van der Waals surface area contributed by atoms with Crippen molar-refractivity contribution in [3.05, 3.63) is 0 Å². The van der Waals surface area contributed by atoms with Crippen molar-refractivity contribution in [1.82, 2.24) is 4.90 Å². The molecular weight excluding hydrogens is 348 g/mol. The summed E-state index contributed by atoms with van der Waals surface area (Å²) >= 11 is 8.20. The number of hydrogen-bond acceptors (Lipinski definition) is 6. The van der Waals surface area contributed by atoms with Crippen LogP contribution >= 0.6 is 35.7 Å². The van der Waals surface area contributed by atoms with Gasteiger partial charge in [0, 0.05) is 6.04 Å². The molecule has 1 aliphatic heterocycles. The minimum absolute atomic E-state index is 0.209. The number of nitrogens with zero attached hydrogens (tertiary/aromatic N) is 2. The molecule has 7 heteroatoms. The van der Waals surface area contributed by atoms with Gasteiger partial charge in [-0.2, -0.15) is 5.26 Å². The zero-order valence-electron chi connectivity index (χ0n) is 14.3. The fourth-order valence-electron chi connectivity index (χ4n) is 2.49. The fraction of sp³-hybridized carbons (Fsp3) is 0.750. The van der Waals surface area contributed by atoms with Gasteiger partial charge in [0.25, 0.3) is 0 Å². The van der Waals surface area contributed by atoms with E-state index in [1.54, 1.807) is 25.6 Å². The average Bonchev–Trinajstić information content (AvgIpc) is 2.70. The van der Waals surface area contributed by atoms with Crippen molar-refractivity contribution in [2.24, 2.45) is 11.3 Å². The zero-order chi connectivity index (χ0) is 17.8. The Kier molecular flexibility index (Phi) is 7.56. The van der Waals surface area contributed by atoms with Gasteiger partial charge in [-0.3, -0.25) is 14.5 Å². The largest absolute Gasteiger partial charge is 0.279 e. The van der Waals surface area contributed by atoms with Gasteiger partial charge in [0.15, 0.2) is 0 Å². The molecule has 0 bridgehead atoms. The van der Waals surface area contributed by atoms with E-state index < -0.39 is 16.6 Å². The monoisotopic (exact) mass is 372 g/mol. The van der Waals surface area contributed by atoms with Crippen LogP contribution in [0.3, 0.4) is 0 Å². The third kappa shape index (κ3) is 4.71. The summed E-state index contributed by atoms with van der Waals surface area (Å²) in [5.74, 6) is -0.216. The first-order valence-corrected chi connectivity index (χ1v) is 10.1. The first-order chi connectivity index (χ1) is 10.7. The molecule has 1 fully saturated rings. The van der Waals surface area contributed by atoms with Gasteiger partial charge >= 0.3 is 0 Å². The van der Waals surface area contributed by atoms with E-state index in [0.717, 1.165) is 18.6 Å². The highest BCUT2D eigenvalue weighted by Crippen LogP contribution is 2.43. The lowest BCUT2D eigenvalue weighted by Gasteiger charge is -2.26. The number of carbonyl (C=O) groups excluding carboxylic acids is 2. The first-order valence-electron chi connectivity index (χ1n) is 7.79. The summed E-state index contributed by atoms with van der Waals surface area (Å²) in [6.45, 7) is 9.17. The average molecular weight is 373 g/mol. The number of unbranched alkanes of at least 4 members (excludes halogenated alkanes) is 1. The summed E-state index contributed by atoms with van der Waals surface area (Å²) in [7, 11) is 0. The molecule has 0 saturated carbocycles. The molecule has 2 atom stereocenters. The highest BCUT2D eigenvalue weighted by molar-refractivity contribution is 8.47. The number of rotatable bonds is 6. The van der Waals surface area contributed by atoms with Crippen molar-refractivity contribution in [2.75, 3.05) is 5.75 Å². The molecule has 1 rings (SSSR count). The number of imide groups is 1. The van der Waals surface area contributed by atoms with E-state index in [2.05, 4.69) is 13.0 Å². The summed E-state index contributed by atoms with van der Waals surface area (Å²) < 4.78 is 0.675. The van der Waals surface area contributed by atoms with Crippen LogP contribution in [0.4, 0.5) is 0 Å². The predicted molar refractivity (Wildman–Crippen MR) is 101 cm³/mol. The lowest BCUT2D eigenvalue weighted by atomic mass is 9.79. The molecule has 2 amide bonds. The Hall–Kier alpha value is -0.580. The number of hydrogen-bond donors (Lipinski definition) is 0. The Balaban J connectivity index is 3.00.